The smallest absolute Gasteiger partial charge is 0.0226 e. The summed E-state index contributed by atoms with van der Waals surface area (Å²) < 4.78 is 0. The zero-order valence-electron chi connectivity index (χ0n) is 12.2. The normalized spacial score (nSPS) is 31.6. The molecule has 19 heavy (non-hydrogen) atoms. The van der Waals surface area contributed by atoms with Crippen molar-refractivity contribution < 1.29 is 0 Å². The van der Waals surface area contributed by atoms with E-state index in [4.69, 9.17) is 5.73 Å². The second kappa shape index (κ2) is 4.92. The van der Waals surface area contributed by atoms with Crippen molar-refractivity contribution in [3.8, 4) is 0 Å². The summed E-state index contributed by atoms with van der Waals surface area (Å²) in [7, 11) is 0. The van der Waals surface area contributed by atoms with Crippen LogP contribution in [0.15, 0.2) is 30.3 Å². The Morgan fingerprint density at radius 1 is 1.11 bits per heavy atom. The topological polar surface area (TPSA) is 29.3 Å². The molecule has 2 nitrogen and oxygen atoms in total. The van der Waals surface area contributed by atoms with E-state index in [1.165, 1.54) is 31.2 Å². The predicted molar refractivity (Wildman–Crippen MR) is 80.2 cm³/mol. The van der Waals surface area contributed by atoms with E-state index in [2.05, 4.69) is 49.1 Å². The van der Waals surface area contributed by atoms with E-state index in [1.807, 2.05) is 0 Å². The highest BCUT2D eigenvalue weighted by Crippen LogP contribution is 2.43. The standard InChI is InChI=1S/C17H26N2/c1-17(2,18)12-19-15-8-9-16(19)11-14(10-15)13-6-4-3-5-7-13/h3-7,14-16H,8-12,18H2,1-2H3/t14?,15-,16+. The van der Waals surface area contributed by atoms with E-state index in [1.54, 1.807) is 0 Å². The summed E-state index contributed by atoms with van der Waals surface area (Å²) in [6.45, 7) is 5.34. The van der Waals surface area contributed by atoms with Crippen LogP contribution in [0, 0.1) is 0 Å². The van der Waals surface area contributed by atoms with Crippen molar-refractivity contribution in [1.82, 2.24) is 4.90 Å². The van der Waals surface area contributed by atoms with Gasteiger partial charge >= 0.3 is 0 Å². The molecule has 2 heteroatoms. The molecule has 0 aliphatic carbocycles. The van der Waals surface area contributed by atoms with E-state index in [0.717, 1.165) is 24.5 Å². The predicted octanol–water partition coefficient (Wildman–Crippen LogP) is 3.13. The van der Waals surface area contributed by atoms with Gasteiger partial charge in [0.05, 0.1) is 0 Å². The molecule has 2 aliphatic rings. The molecular formula is C17H26N2. The third-order valence-corrected chi connectivity index (χ3v) is 4.75. The highest BCUT2D eigenvalue weighted by molar-refractivity contribution is 5.22. The molecule has 0 aromatic heterocycles. The first kappa shape index (κ1) is 13.1. The Morgan fingerprint density at radius 3 is 2.21 bits per heavy atom. The molecule has 1 aromatic carbocycles. The number of nitrogens with zero attached hydrogens (tertiary/aromatic N) is 1. The fraction of sp³-hybridized carbons (Fsp3) is 0.647. The molecule has 2 N–H and O–H groups in total. The Bertz CT molecular complexity index is 407. The maximum atomic E-state index is 6.22. The summed E-state index contributed by atoms with van der Waals surface area (Å²) >= 11 is 0. The van der Waals surface area contributed by atoms with Crippen molar-refractivity contribution in [3.05, 3.63) is 35.9 Å². The average molecular weight is 258 g/mol. The van der Waals surface area contributed by atoms with E-state index >= 15 is 0 Å². The van der Waals surface area contributed by atoms with Crippen LogP contribution in [0.2, 0.25) is 0 Å². The SMILES string of the molecule is CC(C)(N)CN1[C@@H]2CC[C@H]1CC(c1ccccc1)C2. The number of benzene rings is 1. The lowest BCUT2D eigenvalue weighted by Crippen LogP contribution is -2.52. The van der Waals surface area contributed by atoms with Gasteiger partial charge in [-0.1, -0.05) is 30.3 Å². The molecule has 2 fully saturated rings. The quantitative estimate of drug-likeness (QED) is 0.902. The summed E-state index contributed by atoms with van der Waals surface area (Å²) in [5, 5.41) is 0. The zero-order valence-corrected chi connectivity index (χ0v) is 12.2. The Labute approximate surface area is 117 Å². The number of piperidine rings is 1. The first-order chi connectivity index (χ1) is 9.03. The van der Waals surface area contributed by atoms with Crippen LogP contribution in [0.5, 0.6) is 0 Å². The number of hydrogen-bond donors (Lipinski definition) is 1. The number of rotatable bonds is 3. The average Bonchev–Trinajstić information content (AvgIpc) is 2.61. The van der Waals surface area contributed by atoms with Gasteiger partial charge in [-0.05, 0) is 51.0 Å². The van der Waals surface area contributed by atoms with Crippen LogP contribution >= 0.6 is 0 Å². The molecule has 2 aliphatic heterocycles. The van der Waals surface area contributed by atoms with Crippen molar-refractivity contribution in [2.75, 3.05) is 6.54 Å². The molecule has 0 amide bonds. The van der Waals surface area contributed by atoms with Gasteiger partial charge in [-0.2, -0.15) is 0 Å². The number of fused-ring (bicyclic) bond motifs is 2. The van der Waals surface area contributed by atoms with Gasteiger partial charge in [-0.3, -0.25) is 4.90 Å². The minimum absolute atomic E-state index is 0.0690. The molecule has 0 spiro atoms. The molecule has 3 rings (SSSR count). The molecular weight excluding hydrogens is 232 g/mol. The fourth-order valence-electron chi connectivity index (χ4n) is 4.00. The minimum atomic E-state index is -0.0690. The highest BCUT2D eigenvalue weighted by Gasteiger charge is 2.42. The molecule has 2 saturated heterocycles. The van der Waals surface area contributed by atoms with Gasteiger partial charge in [0.1, 0.15) is 0 Å². The Kier molecular flexibility index (Phi) is 3.40. The van der Waals surface area contributed by atoms with Crippen molar-refractivity contribution >= 4 is 0 Å². The first-order valence-corrected chi connectivity index (χ1v) is 7.62. The lowest BCUT2D eigenvalue weighted by atomic mass is 9.84. The molecule has 0 saturated carbocycles. The van der Waals surface area contributed by atoms with Crippen molar-refractivity contribution in [2.45, 2.75) is 63.1 Å². The molecule has 0 radical (unpaired) electrons. The molecule has 1 unspecified atom stereocenters. The van der Waals surface area contributed by atoms with Gasteiger partial charge in [0.2, 0.25) is 0 Å². The van der Waals surface area contributed by atoms with Gasteiger partial charge in [-0.25, -0.2) is 0 Å². The number of hydrogen-bond acceptors (Lipinski definition) is 2. The Balaban J connectivity index is 1.72. The van der Waals surface area contributed by atoms with Crippen molar-refractivity contribution in [2.24, 2.45) is 5.73 Å². The zero-order chi connectivity index (χ0) is 13.5. The number of nitrogens with two attached hydrogens (primary N) is 1. The molecule has 104 valence electrons. The second-order valence-electron chi connectivity index (χ2n) is 7.12. The second-order valence-corrected chi connectivity index (χ2v) is 7.12. The minimum Gasteiger partial charge on any atom is -0.324 e. The van der Waals surface area contributed by atoms with Crippen LogP contribution < -0.4 is 5.73 Å². The maximum absolute atomic E-state index is 6.22. The van der Waals surface area contributed by atoms with Crippen LogP contribution in [0.3, 0.4) is 0 Å². The van der Waals surface area contributed by atoms with Crippen LogP contribution in [-0.2, 0) is 0 Å². The molecule has 2 heterocycles. The largest absolute Gasteiger partial charge is 0.324 e. The van der Waals surface area contributed by atoms with E-state index < -0.39 is 0 Å². The first-order valence-electron chi connectivity index (χ1n) is 7.62. The van der Waals surface area contributed by atoms with E-state index in [-0.39, 0.29) is 5.54 Å². The molecule has 3 atom stereocenters. The Morgan fingerprint density at radius 2 is 1.68 bits per heavy atom. The van der Waals surface area contributed by atoms with Gasteiger partial charge in [0.15, 0.2) is 0 Å². The van der Waals surface area contributed by atoms with Crippen molar-refractivity contribution in [3.63, 3.8) is 0 Å². The van der Waals surface area contributed by atoms with Crippen LogP contribution in [0.1, 0.15) is 51.0 Å². The van der Waals surface area contributed by atoms with Gasteiger partial charge in [0, 0.05) is 24.2 Å². The van der Waals surface area contributed by atoms with E-state index in [0.29, 0.717) is 0 Å². The Hall–Kier alpha value is -0.860. The lowest BCUT2D eigenvalue weighted by molar-refractivity contribution is 0.104. The summed E-state index contributed by atoms with van der Waals surface area (Å²) in [6, 6.07) is 12.6. The van der Waals surface area contributed by atoms with Gasteiger partial charge in [-0.15, -0.1) is 0 Å². The summed E-state index contributed by atoms with van der Waals surface area (Å²) in [6.07, 6.45) is 5.36. The maximum Gasteiger partial charge on any atom is 0.0226 e. The monoisotopic (exact) mass is 258 g/mol. The van der Waals surface area contributed by atoms with Crippen molar-refractivity contribution in [1.29, 1.82) is 0 Å². The van der Waals surface area contributed by atoms with Gasteiger partial charge < -0.3 is 5.73 Å². The summed E-state index contributed by atoms with van der Waals surface area (Å²) in [5.74, 6) is 0.760. The summed E-state index contributed by atoms with van der Waals surface area (Å²) in [5.41, 5.74) is 7.69. The lowest BCUT2D eigenvalue weighted by Gasteiger charge is -2.42. The summed E-state index contributed by atoms with van der Waals surface area (Å²) in [4.78, 5) is 2.69. The van der Waals surface area contributed by atoms with Crippen LogP contribution in [-0.4, -0.2) is 29.1 Å². The van der Waals surface area contributed by atoms with E-state index in [9.17, 15) is 0 Å². The third kappa shape index (κ3) is 2.85. The fourth-order valence-corrected chi connectivity index (χ4v) is 4.00. The molecule has 2 bridgehead atoms. The van der Waals surface area contributed by atoms with Crippen LogP contribution in [0.4, 0.5) is 0 Å². The van der Waals surface area contributed by atoms with Gasteiger partial charge in [0.25, 0.3) is 0 Å². The highest BCUT2D eigenvalue weighted by atomic mass is 15.2. The third-order valence-electron chi connectivity index (χ3n) is 4.75. The van der Waals surface area contributed by atoms with Crippen LogP contribution in [0.25, 0.3) is 0 Å². The molecule has 1 aromatic rings.